The van der Waals surface area contributed by atoms with Crippen LogP contribution in [0, 0.1) is 23.2 Å². The first kappa shape index (κ1) is 29.2. The molecule has 0 unspecified atom stereocenters. The SMILES string of the molecule is CC#Cc1cc(-c2ccccc2)c2c(c1O)CN(CC)CC2.CCN1CCc2c(cc(C#N)cc2-c2ccccc2)C1. The first-order valence-corrected chi connectivity index (χ1v) is 15.0. The first-order chi connectivity index (χ1) is 20.6. The van der Waals surface area contributed by atoms with Crippen LogP contribution in [0.5, 0.6) is 5.75 Å². The summed E-state index contributed by atoms with van der Waals surface area (Å²) in [5, 5.41) is 19.9. The third-order valence-electron chi connectivity index (χ3n) is 8.45. The summed E-state index contributed by atoms with van der Waals surface area (Å²) in [5.74, 6) is 6.33. The summed E-state index contributed by atoms with van der Waals surface area (Å²) in [6, 6.07) is 29.2. The average Bonchev–Trinajstić information content (AvgIpc) is 3.06. The van der Waals surface area contributed by atoms with Crippen molar-refractivity contribution >= 4 is 0 Å². The van der Waals surface area contributed by atoms with Gasteiger partial charge in [-0.25, -0.2) is 0 Å². The molecule has 4 heteroatoms. The van der Waals surface area contributed by atoms with Gasteiger partial charge in [0.1, 0.15) is 5.75 Å². The molecule has 0 fully saturated rings. The number of phenols is 1. The molecular formula is C38H39N3O. The summed E-state index contributed by atoms with van der Waals surface area (Å²) in [7, 11) is 0. The van der Waals surface area contributed by atoms with E-state index in [2.05, 4.69) is 96.2 Å². The predicted octanol–water partition coefficient (Wildman–Crippen LogP) is 7.41. The highest BCUT2D eigenvalue weighted by molar-refractivity contribution is 5.74. The molecule has 0 saturated carbocycles. The van der Waals surface area contributed by atoms with Crippen molar-refractivity contribution < 1.29 is 5.11 Å². The minimum Gasteiger partial charge on any atom is -0.506 e. The molecule has 0 radical (unpaired) electrons. The molecule has 4 aromatic carbocycles. The van der Waals surface area contributed by atoms with Gasteiger partial charge in [0.25, 0.3) is 0 Å². The van der Waals surface area contributed by atoms with Crippen molar-refractivity contribution in [1.29, 1.82) is 5.26 Å². The Morgan fingerprint density at radius 1 is 0.738 bits per heavy atom. The van der Waals surface area contributed by atoms with Gasteiger partial charge in [0.2, 0.25) is 0 Å². The number of nitriles is 1. The predicted molar refractivity (Wildman–Crippen MR) is 172 cm³/mol. The molecule has 2 aliphatic heterocycles. The Kier molecular flexibility index (Phi) is 9.40. The molecule has 0 aromatic heterocycles. The third-order valence-corrected chi connectivity index (χ3v) is 8.45. The summed E-state index contributed by atoms with van der Waals surface area (Å²) >= 11 is 0. The number of aromatic hydroxyl groups is 1. The van der Waals surface area contributed by atoms with Crippen molar-refractivity contribution in [3.8, 4) is 45.9 Å². The molecule has 0 amide bonds. The normalized spacial score (nSPS) is 14.3. The van der Waals surface area contributed by atoms with E-state index < -0.39 is 0 Å². The number of hydrogen-bond donors (Lipinski definition) is 1. The average molecular weight is 554 g/mol. The molecule has 0 saturated heterocycles. The van der Waals surface area contributed by atoms with Gasteiger partial charge in [-0.3, -0.25) is 9.80 Å². The number of nitrogens with zero attached hydrogens (tertiary/aromatic N) is 3. The van der Waals surface area contributed by atoms with E-state index in [0.29, 0.717) is 5.75 Å². The van der Waals surface area contributed by atoms with Crippen molar-refractivity contribution in [2.75, 3.05) is 26.2 Å². The maximum atomic E-state index is 10.6. The first-order valence-electron chi connectivity index (χ1n) is 15.0. The van der Waals surface area contributed by atoms with Crippen LogP contribution in [0.15, 0.2) is 78.9 Å². The van der Waals surface area contributed by atoms with E-state index in [0.717, 1.165) is 68.8 Å². The minimum atomic E-state index is 0.363. The van der Waals surface area contributed by atoms with Gasteiger partial charge < -0.3 is 5.11 Å². The van der Waals surface area contributed by atoms with Gasteiger partial charge in [-0.2, -0.15) is 5.26 Å². The van der Waals surface area contributed by atoms with E-state index >= 15 is 0 Å². The van der Waals surface area contributed by atoms with Crippen LogP contribution in [0.1, 0.15) is 54.2 Å². The summed E-state index contributed by atoms with van der Waals surface area (Å²) in [4.78, 5) is 4.79. The van der Waals surface area contributed by atoms with E-state index in [1.54, 1.807) is 6.92 Å². The Hall–Kier alpha value is -4.35. The number of phenolic OH excluding ortho intramolecular Hbond substituents is 1. The van der Waals surface area contributed by atoms with Crippen LogP contribution in [0.3, 0.4) is 0 Å². The zero-order valence-electron chi connectivity index (χ0n) is 25.0. The van der Waals surface area contributed by atoms with Crippen LogP contribution < -0.4 is 0 Å². The van der Waals surface area contributed by atoms with Crippen LogP contribution in [0.2, 0.25) is 0 Å². The zero-order chi connectivity index (χ0) is 29.5. The number of fused-ring (bicyclic) bond motifs is 2. The molecule has 0 aliphatic carbocycles. The number of benzene rings is 4. The molecule has 2 aliphatic rings. The fourth-order valence-corrected chi connectivity index (χ4v) is 6.14. The topological polar surface area (TPSA) is 50.5 Å². The summed E-state index contributed by atoms with van der Waals surface area (Å²) in [6.45, 7) is 12.1. The van der Waals surface area contributed by atoms with Crippen molar-refractivity contribution in [3.05, 3.63) is 112 Å². The maximum Gasteiger partial charge on any atom is 0.136 e. The second-order valence-electron chi connectivity index (χ2n) is 10.9. The van der Waals surface area contributed by atoms with Crippen LogP contribution in [0.25, 0.3) is 22.3 Å². The lowest BCUT2D eigenvalue weighted by Crippen LogP contribution is -2.30. The number of hydrogen-bond acceptors (Lipinski definition) is 4. The van der Waals surface area contributed by atoms with Crippen molar-refractivity contribution in [2.24, 2.45) is 0 Å². The Morgan fingerprint density at radius 3 is 1.88 bits per heavy atom. The van der Waals surface area contributed by atoms with Gasteiger partial charge in [0, 0.05) is 31.7 Å². The quantitative estimate of drug-likeness (QED) is 0.267. The smallest absolute Gasteiger partial charge is 0.136 e. The molecule has 4 aromatic rings. The molecule has 212 valence electrons. The van der Waals surface area contributed by atoms with Gasteiger partial charge in [-0.1, -0.05) is 80.4 Å². The molecule has 0 bridgehead atoms. The monoisotopic (exact) mass is 553 g/mol. The van der Waals surface area contributed by atoms with E-state index in [9.17, 15) is 10.4 Å². The lowest BCUT2D eigenvalue weighted by molar-refractivity contribution is 0.263. The molecule has 2 heterocycles. The fourth-order valence-electron chi connectivity index (χ4n) is 6.14. The number of rotatable bonds is 4. The lowest BCUT2D eigenvalue weighted by Gasteiger charge is -2.30. The maximum absolute atomic E-state index is 10.6. The van der Waals surface area contributed by atoms with Crippen LogP contribution in [-0.2, 0) is 25.9 Å². The standard InChI is InChI=1S/C20H21NO.C18H18N2/c1-3-8-16-13-18(15-9-6-5-7-10-15)17-11-12-21(4-2)14-19(17)20(16)22;1-2-20-9-8-17-16(13-20)10-14(12-19)11-18(17)15-6-4-3-5-7-15/h5-7,9-10,13,22H,4,11-12,14H2,1-2H3;3-7,10-11H,2,8-9,13H2,1H3. The highest BCUT2D eigenvalue weighted by Crippen LogP contribution is 2.38. The van der Waals surface area contributed by atoms with E-state index in [1.165, 1.54) is 38.9 Å². The van der Waals surface area contributed by atoms with Gasteiger partial charge in [0.05, 0.1) is 17.2 Å². The van der Waals surface area contributed by atoms with E-state index in [1.807, 2.05) is 24.3 Å². The van der Waals surface area contributed by atoms with Gasteiger partial charge in [0.15, 0.2) is 0 Å². The number of likely N-dealkylation sites (N-methyl/N-ethyl adjacent to an activating group) is 2. The molecule has 1 N–H and O–H groups in total. The van der Waals surface area contributed by atoms with Gasteiger partial charge >= 0.3 is 0 Å². The van der Waals surface area contributed by atoms with Crippen LogP contribution >= 0.6 is 0 Å². The molecule has 4 nitrogen and oxygen atoms in total. The summed E-state index contributed by atoms with van der Waals surface area (Å²) < 4.78 is 0. The highest BCUT2D eigenvalue weighted by atomic mass is 16.3. The molecule has 0 spiro atoms. The van der Waals surface area contributed by atoms with Gasteiger partial charge in [-0.05, 0) is 90.0 Å². The van der Waals surface area contributed by atoms with Gasteiger partial charge in [-0.15, -0.1) is 5.92 Å². The van der Waals surface area contributed by atoms with Crippen molar-refractivity contribution in [2.45, 2.75) is 46.7 Å². The fraction of sp³-hybridized carbons (Fsp3) is 0.289. The lowest BCUT2D eigenvalue weighted by atomic mass is 9.88. The Morgan fingerprint density at radius 2 is 1.31 bits per heavy atom. The molecule has 42 heavy (non-hydrogen) atoms. The zero-order valence-corrected chi connectivity index (χ0v) is 25.0. The highest BCUT2D eigenvalue weighted by Gasteiger charge is 2.24. The Bertz CT molecular complexity index is 1640. The third kappa shape index (κ3) is 6.27. The second kappa shape index (κ2) is 13.5. The summed E-state index contributed by atoms with van der Waals surface area (Å²) in [6.07, 6.45) is 2.04. The minimum absolute atomic E-state index is 0.363. The van der Waals surface area contributed by atoms with Crippen molar-refractivity contribution in [1.82, 2.24) is 9.80 Å². The van der Waals surface area contributed by atoms with E-state index in [4.69, 9.17) is 0 Å². The summed E-state index contributed by atoms with van der Waals surface area (Å²) in [5.41, 5.74) is 11.4. The van der Waals surface area contributed by atoms with Crippen molar-refractivity contribution in [3.63, 3.8) is 0 Å². The largest absolute Gasteiger partial charge is 0.506 e. The molecule has 0 atom stereocenters. The molecular weight excluding hydrogens is 514 g/mol. The Balaban J connectivity index is 0.000000169. The van der Waals surface area contributed by atoms with Crippen LogP contribution in [0.4, 0.5) is 0 Å². The second-order valence-corrected chi connectivity index (χ2v) is 10.9. The molecule has 6 rings (SSSR count). The van der Waals surface area contributed by atoms with Crippen LogP contribution in [-0.4, -0.2) is 41.1 Å². The Labute approximate surface area is 250 Å². The van der Waals surface area contributed by atoms with E-state index in [-0.39, 0.29) is 0 Å².